The van der Waals surface area contributed by atoms with Crippen molar-refractivity contribution in [2.75, 3.05) is 4.90 Å². The number of para-hydroxylation sites is 2. The highest BCUT2D eigenvalue weighted by Crippen LogP contribution is 2.39. The Morgan fingerprint density at radius 1 is 0.714 bits per heavy atom. The zero-order valence-electron chi connectivity index (χ0n) is 28.0. The highest BCUT2D eigenvalue weighted by atomic mass is 28.3. The van der Waals surface area contributed by atoms with E-state index < -0.39 is 8.07 Å². The first kappa shape index (κ1) is 20.6. The molecule has 3 aliphatic rings. The minimum Gasteiger partial charge on any atom is -0.313 e. The molecule has 6 aromatic rings. The topological polar surface area (TPSA) is 8.17 Å². The minimum atomic E-state index is -1.96. The van der Waals surface area contributed by atoms with Gasteiger partial charge in [-0.05, 0) is 78.5 Å². The molecule has 0 radical (unpaired) electrons. The van der Waals surface area contributed by atoms with Gasteiger partial charge in [-0.2, -0.15) is 0 Å². The van der Waals surface area contributed by atoms with Gasteiger partial charge in [-0.15, -0.1) is 0 Å². The molecule has 9 rings (SSSR count). The normalized spacial score (nSPS) is 17.4. The van der Waals surface area contributed by atoms with Crippen LogP contribution in [0.5, 0.6) is 0 Å². The lowest BCUT2D eigenvalue weighted by Gasteiger charge is -2.44. The lowest BCUT2D eigenvalue weighted by molar-refractivity contribution is 0.667. The molecule has 1 aliphatic carbocycles. The molecule has 0 fully saturated rings. The Hall–Kier alpha value is -4.28. The number of anilines is 3. The summed E-state index contributed by atoms with van der Waals surface area (Å²) in [5.41, 5.74) is 11.2. The van der Waals surface area contributed by atoms with Crippen LogP contribution >= 0.6 is 0 Å². The van der Waals surface area contributed by atoms with E-state index in [1.807, 2.05) is 0 Å². The predicted octanol–water partition coefficient (Wildman–Crippen LogP) is 5.94. The highest BCUT2D eigenvalue weighted by Gasteiger charge is 2.46. The molecule has 202 valence electrons. The maximum absolute atomic E-state index is 9.05. The van der Waals surface area contributed by atoms with Crippen molar-refractivity contribution in [1.29, 1.82) is 0 Å². The molecule has 0 unspecified atom stereocenters. The van der Waals surface area contributed by atoms with Crippen molar-refractivity contribution in [1.82, 2.24) is 4.57 Å². The number of hydrogen-bond acceptors (Lipinski definition) is 1. The standard InChI is InChI=1S/C38H33BN2Si/c1-42(2)36-21-11-8-17-31(36)39-30-24-23-27(41-32-18-9-6-15-28(32)29-16-7-10-19-33(29)41)25-35(30)40(26-13-4-3-5-14-26)34-20-12-22-37(42)38(34)39/h3-6,8-9,11-15,17-18,20-25H,7,10,16,19H2,1-2H3/i6D,9D,15D,18D. The molecule has 0 spiro atoms. The molecule has 5 aromatic carbocycles. The lowest BCUT2D eigenvalue weighted by Crippen LogP contribution is -2.78. The van der Waals surface area contributed by atoms with E-state index in [2.05, 4.69) is 114 Å². The average molecular weight is 561 g/mol. The van der Waals surface area contributed by atoms with Crippen LogP contribution in [0.4, 0.5) is 17.1 Å². The molecule has 3 heterocycles. The second kappa shape index (κ2) is 8.86. The largest absolute Gasteiger partial charge is 0.313 e. The molecule has 0 bridgehead atoms. The number of nitrogens with zero attached hydrogens (tertiary/aromatic N) is 2. The quantitative estimate of drug-likeness (QED) is 0.238. The maximum Gasteiger partial charge on any atom is 0.246 e. The van der Waals surface area contributed by atoms with E-state index >= 15 is 0 Å². The van der Waals surface area contributed by atoms with Crippen molar-refractivity contribution in [2.24, 2.45) is 0 Å². The van der Waals surface area contributed by atoms with Gasteiger partial charge in [0.25, 0.3) is 0 Å². The smallest absolute Gasteiger partial charge is 0.246 e. The number of fused-ring (bicyclic) bond motifs is 7. The van der Waals surface area contributed by atoms with Gasteiger partial charge in [0, 0.05) is 33.8 Å². The Kier molecular flexibility index (Phi) is 4.34. The van der Waals surface area contributed by atoms with Gasteiger partial charge in [0.1, 0.15) is 8.07 Å². The minimum absolute atomic E-state index is 0.0337. The van der Waals surface area contributed by atoms with E-state index in [0.717, 1.165) is 54.0 Å². The van der Waals surface area contributed by atoms with Crippen LogP contribution in [0, 0.1) is 0 Å². The van der Waals surface area contributed by atoms with Crippen LogP contribution in [0.3, 0.4) is 0 Å². The summed E-state index contributed by atoms with van der Waals surface area (Å²) in [6.45, 7) is 5.07. The number of hydrogen-bond donors (Lipinski definition) is 0. The molecular formula is C38H33BN2Si. The van der Waals surface area contributed by atoms with Crippen molar-refractivity contribution < 1.29 is 5.48 Å². The van der Waals surface area contributed by atoms with Gasteiger partial charge in [0.15, 0.2) is 0 Å². The van der Waals surface area contributed by atoms with Crippen LogP contribution in [0.15, 0.2) is 115 Å². The first-order valence-electron chi connectivity index (χ1n) is 17.1. The SMILES string of the molecule is [2H]c1c([2H])c([2H])c2c(c1[2H])c1c(n2-c2ccc3c(c2)N(c2ccccc2)c2cccc4c2B3c2ccccc2[Si]4(C)C)CCCC1. The summed E-state index contributed by atoms with van der Waals surface area (Å²) in [6, 6.07) is 33.0. The van der Waals surface area contributed by atoms with Crippen LogP contribution < -0.4 is 31.7 Å². The zero-order valence-corrected chi connectivity index (χ0v) is 25.0. The van der Waals surface area contributed by atoms with E-state index in [4.69, 9.17) is 5.48 Å². The van der Waals surface area contributed by atoms with E-state index in [1.54, 1.807) is 0 Å². The molecule has 0 atom stereocenters. The molecule has 1 aromatic heterocycles. The summed E-state index contributed by atoms with van der Waals surface area (Å²) in [4.78, 5) is 2.42. The Morgan fingerprint density at radius 2 is 1.50 bits per heavy atom. The Labute approximate surface area is 255 Å². The maximum atomic E-state index is 9.05. The Bertz CT molecular complexity index is 2260. The van der Waals surface area contributed by atoms with E-state index in [9.17, 15) is 0 Å². The van der Waals surface area contributed by atoms with Crippen molar-refractivity contribution in [3.63, 3.8) is 0 Å². The number of aryl methyl sites for hydroxylation is 1. The van der Waals surface area contributed by atoms with E-state index in [1.165, 1.54) is 32.4 Å². The van der Waals surface area contributed by atoms with E-state index in [-0.39, 0.29) is 30.9 Å². The van der Waals surface area contributed by atoms with Gasteiger partial charge in [0.05, 0.1) is 11.0 Å². The van der Waals surface area contributed by atoms with Crippen molar-refractivity contribution in [2.45, 2.75) is 38.8 Å². The fraction of sp³-hybridized carbons (Fsp3) is 0.158. The average Bonchev–Trinajstić information content (AvgIpc) is 3.43. The molecule has 4 heteroatoms. The fourth-order valence-electron chi connectivity index (χ4n) is 8.15. The van der Waals surface area contributed by atoms with E-state index in [0.29, 0.717) is 10.9 Å². The van der Waals surface area contributed by atoms with Crippen molar-refractivity contribution >= 4 is 69.5 Å². The monoisotopic (exact) mass is 560 g/mol. The number of rotatable bonds is 2. The third-order valence-electron chi connectivity index (χ3n) is 9.97. The van der Waals surface area contributed by atoms with Gasteiger partial charge in [-0.3, -0.25) is 0 Å². The summed E-state index contributed by atoms with van der Waals surface area (Å²) in [6.07, 6.45) is 3.75. The first-order valence-corrected chi connectivity index (χ1v) is 18.1. The second-order valence-electron chi connectivity index (χ2n) is 12.5. The van der Waals surface area contributed by atoms with Crippen LogP contribution in [-0.4, -0.2) is 19.4 Å². The number of aromatic nitrogens is 1. The van der Waals surface area contributed by atoms with Crippen LogP contribution in [0.25, 0.3) is 16.6 Å². The summed E-state index contributed by atoms with van der Waals surface area (Å²) in [5, 5.41) is 3.67. The molecule has 0 saturated heterocycles. The van der Waals surface area contributed by atoms with Crippen LogP contribution in [0.1, 0.15) is 29.6 Å². The molecule has 0 amide bonds. The van der Waals surface area contributed by atoms with Gasteiger partial charge in [-0.25, -0.2) is 0 Å². The van der Waals surface area contributed by atoms with Crippen LogP contribution in [-0.2, 0) is 12.8 Å². The fourth-order valence-corrected chi connectivity index (χ4v) is 11.4. The molecule has 0 saturated carbocycles. The molecule has 2 nitrogen and oxygen atoms in total. The van der Waals surface area contributed by atoms with Crippen molar-refractivity contribution in [3.8, 4) is 5.69 Å². The summed E-state index contributed by atoms with van der Waals surface area (Å²) < 4.78 is 37.1. The summed E-state index contributed by atoms with van der Waals surface area (Å²) in [7, 11) is -1.96. The predicted molar refractivity (Wildman–Crippen MR) is 182 cm³/mol. The number of benzene rings is 5. The second-order valence-corrected chi connectivity index (χ2v) is 16.8. The van der Waals surface area contributed by atoms with Crippen LogP contribution in [0.2, 0.25) is 13.1 Å². The third-order valence-corrected chi connectivity index (χ3v) is 13.6. The first-order chi connectivity index (χ1) is 22.3. The molecule has 2 aliphatic heterocycles. The van der Waals surface area contributed by atoms with Gasteiger partial charge >= 0.3 is 0 Å². The van der Waals surface area contributed by atoms with Crippen molar-refractivity contribution in [3.05, 3.63) is 126 Å². The van der Waals surface area contributed by atoms with Gasteiger partial charge < -0.3 is 9.47 Å². The third kappa shape index (κ3) is 3.22. The zero-order chi connectivity index (χ0) is 31.5. The lowest BCUT2D eigenvalue weighted by atomic mass is 9.35. The summed E-state index contributed by atoms with van der Waals surface area (Å²) in [5.74, 6) is 0. The van der Waals surface area contributed by atoms with Gasteiger partial charge in [-0.1, -0.05) is 108 Å². The Balaban J connectivity index is 1.38. The molecule has 42 heavy (non-hydrogen) atoms. The Morgan fingerprint density at radius 3 is 2.40 bits per heavy atom. The molecule has 0 N–H and O–H groups in total. The highest BCUT2D eigenvalue weighted by molar-refractivity contribution is 7.15. The molecular weight excluding hydrogens is 523 g/mol. The summed E-state index contributed by atoms with van der Waals surface area (Å²) >= 11 is 0. The van der Waals surface area contributed by atoms with Gasteiger partial charge in [0.2, 0.25) is 6.71 Å².